The quantitative estimate of drug-likeness (QED) is 0.165. The van der Waals surface area contributed by atoms with Crippen molar-refractivity contribution in [2.24, 2.45) is 21.8 Å². The number of phenols is 2. The molecule has 0 fully saturated rings. The number of aromatic hydroxyl groups is 2. The van der Waals surface area contributed by atoms with Gasteiger partial charge in [0, 0.05) is 56.5 Å². The topological polar surface area (TPSA) is 163 Å². The molecule has 0 radical (unpaired) electrons. The first kappa shape index (κ1) is 34.9. The van der Waals surface area contributed by atoms with Gasteiger partial charge in [0.05, 0.1) is 23.6 Å². The molecule has 2 aliphatic rings. The van der Waals surface area contributed by atoms with Gasteiger partial charge < -0.3 is 39.7 Å². The van der Waals surface area contributed by atoms with Gasteiger partial charge in [0.25, 0.3) is 5.91 Å². The Labute approximate surface area is 259 Å². The molecule has 4 N–H and O–H groups in total. The number of nitrogens with one attached hydrogen (secondary N) is 1. The first-order valence-electron chi connectivity index (χ1n) is 14.7. The Hall–Kier alpha value is -3.58. The smallest absolute Gasteiger partial charge is 0.434 e. The van der Waals surface area contributed by atoms with E-state index in [0.29, 0.717) is 35.4 Å². The van der Waals surface area contributed by atoms with E-state index in [0.717, 1.165) is 0 Å². The number of nitrogens with zero attached hydrogens (tertiary/aromatic N) is 3. The van der Waals surface area contributed by atoms with Crippen LogP contribution in [0.3, 0.4) is 0 Å². The van der Waals surface area contributed by atoms with Crippen LogP contribution in [0.5, 0.6) is 11.5 Å². The first-order chi connectivity index (χ1) is 20.8. The van der Waals surface area contributed by atoms with E-state index >= 15 is 0 Å². The van der Waals surface area contributed by atoms with Gasteiger partial charge in [-0.05, 0) is 52.3 Å². The normalized spacial score (nSPS) is 29.8. The highest BCUT2D eigenvalue weighted by molar-refractivity contribution is 6.06. The molecular weight excluding hydrogens is 568 g/mol. The van der Waals surface area contributed by atoms with Crippen LogP contribution in [0.25, 0.3) is 0 Å². The van der Waals surface area contributed by atoms with Crippen LogP contribution < -0.4 is 5.32 Å². The summed E-state index contributed by atoms with van der Waals surface area (Å²) in [5, 5.41) is 36.4. The van der Waals surface area contributed by atoms with E-state index in [1.165, 1.54) is 20.3 Å². The van der Waals surface area contributed by atoms with Crippen molar-refractivity contribution in [3.63, 3.8) is 0 Å². The number of phenolic OH excluding ortho intramolecular Hbond substituents is 2. The molecule has 0 saturated heterocycles. The number of benzene rings is 1. The lowest BCUT2D eigenvalue weighted by Crippen LogP contribution is -2.44. The summed E-state index contributed by atoms with van der Waals surface area (Å²) in [5.41, 5.74) is 1.94. The maximum absolute atomic E-state index is 13.2. The van der Waals surface area contributed by atoms with Gasteiger partial charge in [-0.1, -0.05) is 26.0 Å². The predicted octanol–water partition coefficient (Wildman–Crippen LogP) is 4.15. The van der Waals surface area contributed by atoms with E-state index in [4.69, 9.17) is 14.2 Å². The van der Waals surface area contributed by atoms with E-state index in [1.807, 2.05) is 38.9 Å². The Morgan fingerprint density at radius 3 is 2.52 bits per heavy atom. The Morgan fingerprint density at radius 1 is 1.18 bits per heavy atom. The molecule has 3 rings (SSSR count). The van der Waals surface area contributed by atoms with E-state index in [2.05, 4.69) is 15.3 Å². The monoisotopic (exact) mass is 614 g/mol. The molecule has 6 atom stereocenters. The average Bonchev–Trinajstić information content (AvgIpc) is 2.96. The summed E-state index contributed by atoms with van der Waals surface area (Å²) in [6.45, 7) is 7.70. The molecule has 12 nitrogen and oxygen atoms in total. The Balaban J connectivity index is 2.13. The SMILES string of the molecule is CO[C@H]1C[C@H](C)Cc2c(O)c(cc(O)c2N=CCN(C)C)NC(=O)/C(C)=C/CC2=NC(=O)O[C@@H](/C(C)=C/[C@H](C)[C@H]1O)[C@H]2OC. The third-order valence-electron chi connectivity index (χ3n) is 7.95. The van der Waals surface area contributed by atoms with Gasteiger partial charge >= 0.3 is 6.09 Å². The van der Waals surface area contributed by atoms with Gasteiger partial charge in [0.15, 0.2) is 6.10 Å². The van der Waals surface area contributed by atoms with Crippen LogP contribution in [0.2, 0.25) is 0 Å². The minimum atomic E-state index is -0.913. The van der Waals surface area contributed by atoms with Crippen molar-refractivity contribution in [3.8, 4) is 11.5 Å². The van der Waals surface area contributed by atoms with E-state index in [9.17, 15) is 24.9 Å². The summed E-state index contributed by atoms with van der Waals surface area (Å²) in [4.78, 5) is 36.0. The zero-order valence-electron chi connectivity index (χ0n) is 26.8. The van der Waals surface area contributed by atoms with Crippen molar-refractivity contribution in [2.75, 3.05) is 40.2 Å². The minimum Gasteiger partial charge on any atom is -0.506 e. The fourth-order valence-electron chi connectivity index (χ4n) is 5.46. The van der Waals surface area contributed by atoms with Gasteiger partial charge in [-0.3, -0.25) is 9.79 Å². The molecule has 2 amide bonds. The highest BCUT2D eigenvalue weighted by atomic mass is 16.6. The number of amides is 2. The zero-order chi connectivity index (χ0) is 32.7. The van der Waals surface area contributed by atoms with E-state index in [-0.39, 0.29) is 47.6 Å². The fraction of sp³-hybridized carbons (Fsp3) is 0.562. The van der Waals surface area contributed by atoms with Crippen LogP contribution in [-0.2, 0) is 25.4 Å². The minimum absolute atomic E-state index is 0.0251. The molecule has 12 heteroatoms. The molecule has 0 aliphatic carbocycles. The molecule has 1 aromatic rings. The standard InChI is InChI=1S/C32H46N4O8/c1-17-13-21-26(33-11-12-36(5)6)24(37)16-23(28(21)39)34-31(40)18(2)9-10-22-30(43-8)29(44-32(41)35-22)20(4)15-19(3)27(38)25(14-17)42-7/h9,11,15-17,19,25,27,29-30,37-39H,10,12-14H2,1-8H3,(H,34,40)/b18-9+,20-15+,33-11?/t17-,19+,25+,27-,29+,30+/m1/s1. The highest BCUT2D eigenvalue weighted by Crippen LogP contribution is 2.44. The Kier molecular flexibility index (Phi) is 12.2. The summed E-state index contributed by atoms with van der Waals surface area (Å²) >= 11 is 0. The number of aliphatic hydroxyl groups excluding tert-OH is 1. The highest BCUT2D eigenvalue weighted by Gasteiger charge is 2.36. The number of methoxy groups -OCH3 is 2. The lowest BCUT2D eigenvalue weighted by Gasteiger charge is -2.32. The second kappa shape index (κ2) is 15.4. The third-order valence-corrected chi connectivity index (χ3v) is 7.95. The number of anilines is 1. The number of hydrogen-bond acceptors (Lipinski definition) is 10. The average molecular weight is 615 g/mol. The number of carbonyl (C=O) groups is 2. The predicted molar refractivity (Wildman–Crippen MR) is 169 cm³/mol. The van der Waals surface area contributed by atoms with Crippen molar-refractivity contribution >= 4 is 35.3 Å². The van der Waals surface area contributed by atoms with E-state index < -0.39 is 36.4 Å². The number of allylic oxidation sites excluding steroid dienone is 1. The fourth-order valence-corrected chi connectivity index (χ4v) is 5.46. The van der Waals surface area contributed by atoms with Crippen molar-refractivity contribution in [3.05, 3.63) is 34.9 Å². The number of carbonyl (C=O) groups excluding carboxylic acids is 2. The number of hydrogen-bond donors (Lipinski definition) is 4. The van der Waals surface area contributed by atoms with Gasteiger partial charge in [-0.25, -0.2) is 4.79 Å². The maximum Gasteiger partial charge on any atom is 0.434 e. The molecular formula is C32H46N4O8. The molecule has 2 aliphatic heterocycles. The first-order valence-corrected chi connectivity index (χ1v) is 14.7. The summed E-state index contributed by atoms with van der Waals surface area (Å²) < 4.78 is 16.9. The van der Waals surface area contributed by atoms with Crippen molar-refractivity contribution < 1.29 is 39.1 Å². The molecule has 44 heavy (non-hydrogen) atoms. The Morgan fingerprint density at radius 2 is 1.89 bits per heavy atom. The van der Waals surface area contributed by atoms with Crippen molar-refractivity contribution in [2.45, 2.75) is 71.4 Å². The van der Waals surface area contributed by atoms with Gasteiger partial charge in [-0.2, -0.15) is 4.99 Å². The molecule has 1 aromatic carbocycles. The van der Waals surface area contributed by atoms with Crippen LogP contribution in [-0.4, -0.2) is 103 Å². The number of ether oxygens (including phenoxy) is 3. The molecule has 2 heterocycles. The van der Waals surface area contributed by atoms with E-state index in [1.54, 1.807) is 26.1 Å². The zero-order valence-corrected chi connectivity index (χ0v) is 26.8. The number of aliphatic hydroxyl groups is 1. The number of fused-ring (bicyclic) bond motifs is 4. The summed E-state index contributed by atoms with van der Waals surface area (Å²) in [6.07, 6.45) is 2.14. The van der Waals surface area contributed by atoms with Gasteiger partial charge in [-0.15, -0.1) is 0 Å². The van der Waals surface area contributed by atoms with Crippen LogP contribution in [0.1, 0.15) is 46.1 Å². The lowest BCUT2D eigenvalue weighted by molar-refractivity contribution is -0.112. The van der Waals surface area contributed by atoms with Crippen molar-refractivity contribution in [1.29, 1.82) is 0 Å². The maximum atomic E-state index is 13.2. The Bertz CT molecular complexity index is 1340. The molecule has 0 spiro atoms. The van der Waals surface area contributed by atoms with Crippen molar-refractivity contribution in [1.82, 2.24) is 4.90 Å². The van der Waals surface area contributed by atoms with Crippen LogP contribution in [0, 0.1) is 11.8 Å². The molecule has 0 saturated carbocycles. The number of aliphatic imine (C=N–C) groups is 2. The van der Waals surface area contributed by atoms with Gasteiger partial charge in [0.2, 0.25) is 0 Å². The number of rotatable bonds is 5. The van der Waals surface area contributed by atoms with Crippen LogP contribution in [0.4, 0.5) is 16.2 Å². The molecule has 0 aromatic heterocycles. The second-order valence-electron chi connectivity index (χ2n) is 11.9. The lowest BCUT2D eigenvalue weighted by atomic mass is 9.87. The summed E-state index contributed by atoms with van der Waals surface area (Å²) in [5.74, 6) is -1.47. The largest absolute Gasteiger partial charge is 0.506 e. The molecule has 0 unspecified atom stereocenters. The molecule has 242 valence electrons. The third kappa shape index (κ3) is 8.53. The second-order valence-corrected chi connectivity index (χ2v) is 11.9. The van der Waals surface area contributed by atoms with Gasteiger partial charge in [0.1, 0.15) is 23.3 Å². The van der Waals surface area contributed by atoms with Crippen LogP contribution in [0.15, 0.2) is 39.3 Å². The summed E-state index contributed by atoms with van der Waals surface area (Å²) in [7, 11) is 6.78. The summed E-state index contributed by atoms with van der Waals surface area (Å²) in [6, 6.07) is 1.27. The molecule has 4 bridgehead atoms. The van der Waals surface area contributed by atoms with Crippen LogP contribution >= 0.6 is 0 Å².